The van der Waals surface area contributed by atoms with Crippen molar-refractivity contribution in [1.82, 2.24) is 25.0 Å². The van der Waals surface area contributed by atoms with E-state index in [1.54, 1.807) is 6.20 Å². The molecule has 1 fully saturated rings. The highest BCUT2D eigenvalue weighted by atomic mass is 35.5. The van der Waals surface area contributed by atoms with Gasteiger partial charge in [-0.1, -0.05) is 6.07 Å². The lowest BCUT2D eigenvalue weighted by Crippen LogP contribution is -2.35. The van der Waals surface area contributed by atoms with Gasteiger partial charge in [-0.2, -0.15) is 5.10 Å². The maximum absolute atomic E-state index is 14.1. The van der Waals surface area contributed by atoms with Crippen LogP contribution in [0.3, 0.4) is 0 Å². The molecule has 30 heavy (non-hydrogen) atoms. The molecule has 0 saturated carbocycles. The maximum Gasteiger partial charge on any atom is 0.151 e. The van der Waals surface area contributed by atoms with E-state index in [0.717, 1.165) is 56.4 Å². The van der Waals surface area contributed by atoms with Crippen LogP contribution in [0, 0.1) is 11.6 Å². The van der Waals surface area contributed by atoms with Crippen LogP contribution in [0.4, 0.5) is 8.78 Å². The van der Waals surface area contributed by atoms with Gasteiger partial charge in [0.2, 0.25) is 0 Å². The molecule has 1 aliphatic heterocycles. The van der Waals surface area contributed by atoms with Crippen LogP contribution in [0.2, 0.25) is 0 Å². The lowest BCUT2D eigenvalue weighted by atomic mass is 10.1. The van der Waals surface area contributed by atoms with Crippen LogP contribution in [0.15, 0.2) is 54.9 Å². The summed E-state index contributed by atoms with van der Waals surface area (Å²) < 4.78 is 28.8. The third kappa shape index (κ3) is 5.62. The molecule has 2 aromatic heterocycles. The van der Waals surface area contributed by atoms with Crippen molar-refractivity contribution in [3.63, 3.8) is 0 Å². The second kappa shape index (κ2) is 10.6. The summed E-state index contributed by atoms with van der Waals surface area (Å²) in [4.78, 5) is 6.89. The Morgan fingerprint density at radius 1 is 1.03 bits per heavy atom. The van der Waals surface area contributed by atoms with Crippen molar-refractivity contribution in [1.29, 1.82) is 0 Å². The summed E-state index contributed by atoms with van der Waals surface area (Å²) in [5.74, 6) is -1.22. The lowest BCUT2D eigenvalue weighted by Gasteiger charge is -2.30. The SMILES string of the molecule is Cl.Fc1ccc(-n2ccc(CN(Cc3ccccn3)C3CCCNCC3)n2)c(F)c1. The monoisotopic (exact) mass is 433 g/mol. The highest BCUT2D eigenvalue weighted by molar-refractivity contribution is 5.85. The van der Waals surface area contributed by atoms with E-state index in [-0.39, 0.29) is 18.1 Å². The number of benzene rings is 1. The molecule has 1 aliphatic rings. The Morgan fingerprint density at radius 3 is 2.70 bits per heavy atom. The van der Waals surface area contributed by atoms with Gasteiger partial charge < -0.3 is 5.32 Å². The number of nitrogens with one attached hydrogen (secondary N) is 1. The highest BCUT2D eigenvalue weighted by Gasteiger charge is 2.22. The number of aromatic nitrogens is 3. The van der Waals surface area contributed by atoms with Crippen LogP contribution in [-0.4, -0.2) is 38.8 Å². The summed E-state index contributed by atoms with van der Waals surface area (Å²) in [6.07, 6.45) is 6.86. The molecule has 0 spiro atoms. The van der Waals surface area contributed by atoms with Gasteiger partial charge in [-0.15, -0.1) is 12.4 Å². The summed E-state index contributed by atoms with van der Waals surface area (Å²) >= 11 is 0. The molecule has 0 bridgehead atoms. The summed E-state index contributed by atoms with van der Waals surface area (Å²) in [6, 6.07) is 11.8. The fourth-order valence-corrected chi connectivity index (χ4v) is 3.84. The molecule has 8 heteroatoms. The quantitative estimate of drug-likeness (QED) is 0.635. The molecule has 1 atom stereocenters. The Kier molecular flexibility index (Phi) is 7.90. The van der Waals surface area contributed by atoms with E-state index in [1.807, 2.05) is 30.5 Å². The molecule has 1 aromatic carbocycles. The molecule has 1 unspecified atom stereocenters. The number of hydrogen-bond donors (Lipinski definition) is 1. The first-order valence-electron chi connectivity index (χ1n) is 10.0. The van der Waals surface area contributed by atoms with Crippen LogP contribution >= 0.6 is 12.4 Å². The number of nitrogens with zero attached hydrogens (tertiary/aromatic N) is 4. The Morgan fingerprint density at radius 2 is 1.90 bits per heavy atom. The maximum atomic E-state index is 14.1. The lowest BCUT2D eigenvalue weighted by molar-refractivity contribution is 0.160. The van der Waals surface area contributed by atoms with Gasteiger partial charge in [0.25, 0.3) is 0 Å². The number of hydrogen-bond acceptors (Lipinski definition) is 4. The fraction of sp³-hybridized carbons (Fsp3) is 0.364. The topological polar surface area (TPSA) is 46.0 Å². The molecule has 1 N–H and O–H groups in total. The van der Waals surface area contributed by atoms with Crippen LogP contribution in [0.1, 0.15) is 30.7 Å². The normalized spacial score (nSPS) is 16.8. The highest BCUT2D eigenvalue weighted by Crippen LogP contribution is 2.20. The smallest absolute Gasteiger partial charge is 0.151 e. The van der Waals surface area contributed by atoms with Crippen molar-refractivity contribution >= 4 is 12.4 Å². The van der Waals surface area contributed by atoms with E-state index >= 15 is 0 Å². The van der Waals surface area contributed by atoms with E-state index in [0.29, 0.717) is 12.6 Å². The minimum absolute atomic E-state index is 0. The Balaban J connectivity index is 0.00000256. The van der Waals surface area contributed by atoms with Crippen molar-refractivity contribution in [3.05, 3.63) is 77.9 Å². The van der Waals surface area contributed by atoms with Gasteiger partial charge in [-0.05, 0) is 62.7 Å². The summed E-state index contributed by atoms with van der Waals surface area (Å²) in [5, 5.41) is 8.01. The van der Waals surface area contributed by atoms with Gasteiger partial charge in [-0.3, -0.25) is 9.88 Å². The first kappa shape index (κ1) is 22.3. The number of pyridine rings is 1. The van der Waals surface area contributed by atoms with Gasteiger partial charge in [0.15, 0.2) is 5.82 Å². The minimum atomic E-state index is -0.625. The van der Waals surface area contributed by atoms with Gasteiger partial charge in [-0.25, -0.2) is 13.5 Å². The Labute approximate surface area is 181 Å². The zero-order valence-corrected chi connectivity index (χ0v) is 17.5. The van der Waals surface area contributed by atoms with Gasteiger partial charge in [0.1, 0.15) is 11.5 Å². The van der Waals surface area contributed by atoms with Crippen molar-refractivity contribution in [2.45, 2.75) is 38.4 Å². The van der Waals surface area contributed by atoms with Crippen LogP contribution in [0.25, 0.3) is 5.69 Å². The van der Waals surface area contributed by atoms with Gasteiger partial charge in [0, 0.05) is 37.6 Å². The Hall–Kier alpha value is -2.35. The second-order valence-corrected chi connectivity index (χ2v) is 7.41. The number of rotatable bonds is 6. The molecule has 3 heterocycles. The largest absolute Gasteiger partial charge is 0.317 e. The summed E-state index contributed by atoms with van der Waals surface area (Å²) in [7, 11) is 0. The first-order valence-corrected chi connectivity index (χ1v) is 10.0. The molecule has 0 radical (unpaired) electrons. The van der Waals surface area contributed by atoms with Gasteiger partial charge in [0.05, 0.1) is 11.4 Å². The van der Waals surface area contributed by atoms with Crippen LogP contribution < -0.4 is 5.32 Å². The molecule has 160 valence electrons. The average Bonchev–Trinajstić information content (AvgIpc) is 3.00. The predicted octanol–water partition coefficient (Wildman–Crippen LogP) is 4.11. The van der Waals surface area contributed by atoms with E-state index < -0.39 is 11.6 Å². The average molecular weight is 434 g/mol. The molecule has 0 amide bonds. The standard InChI is InChI=1S/C22H25F2N5.ClH/c23-17-6-7-22(21(24)14-17)29-13-9-19(27-29)16-28(15-18-4-1-2-11-26-18)20-5-3-10-25-12-8-20;/h1-2,4,6-7,9,11,13-14,20,25H,3,5,8,10,12,15-16H2;1H. The van der Waals surface area contributed by atoms with E-state index in [9.17, 15) is 8.78 Å². The summed E-state index contributed by atoms with van der Waals surface area (Å²) in [5.41, 5.74) is 2.11. The van der Waals surface area contributed by atoms with E-state index in [4.69, 9.17) is 0 Å². The van der Waals surface area contributed by atoms with Crippen molar-refractivity contribution in [3.8, 4) is 5.69 Å². The van der Waals surface area contributed by atoms with Crippen molar-refractivity contribution in [2.24, 2.45) is 0 Å². The molecular formula is C22H26ClF2N5. The summed E-state index contributed by atoms with van der Waals surface area (Å²) in [6.45, 7) is 3.44. The number of halogens is 3. The zero-order valence-electron chi connectivity index (χ0n) is 16.7. The fourth-order valence-electron chi connectivity index (χ4n) is 3.84. The van der Waals surface area contributed by atoms with E-state index in [2.05, 4.69) is 20.3 Å². The first-order chi connectivity index (χ1) is 14.2. The minimum Gasteiger partial charge on any atom is -0.317 e. The Bertz CT molecular complexity index is 926. The molecule has 4 rings (SSSR count). The zero-order chi connectivity index (χ0) is 20.1. The predicted molar refractivity (Wildman–Crippen MR) is 115 cm³/mol. The molecule has 0 aliphatic carbocycles. The van der Waals surface area contributed by atoms with E-state index in [1.165, 1.54) is 16.8 Å². The second-order valence-electron chi connectivity index (χ2n) is 7.41. The van der Waals surface area contributed by atoms with Gasteiger partial charge >= 0.3 is 0 Å². The third-order valence-corrected chi connectivity index (χ3v) is 5.32. The third-order valence-electron chi connectivity index (χ3n) is 5.32. The van der Waals surface area contributed by atoms with Crippen molar-refractivity contribution < 1.29 is 8.78 Å². The van der Waals surface area contributed by atoms with Crippen molar-refractivity contribution in [2.75, 3.05) is 13.1 Å². The molecule has 1 saturated heterocycles. The molecule has 5 nitrogen and oxygen atoms in total. The van der Waals surface area contributed by atoms with Crippen LogP contribution in [0.5, 0.6) is 0 Å². The molecular weight excluding hydrogens is 408 g/mol. The molecule has 3 aromatic rings. The van der Waals surface area contributed by atoms with Crippen LogP contribution in [-0.2, 0) is 13.1 Å².